The summed E-state index contributed by atoms with van der Waals surface area (Å²) in [6, 6.07) is 2.38. The monoisotopic (exact) mass is 295 g/mol. The Morgan fingerprint density at radius 3 is 2.40 bits per heavy atom. The molecule has 0 heterocycles. The van der Waals surface area contributed by atoms with Gasteiger partial charge in [0.15, 0.2) is 11.7 Å². The molecule has 1 rings (SSSR count). The molecule has 110 valence electrons. The van der Waals surface area contributed by atoms with Gasteiger partial charge in [-0.2, -0.15) is 18.3 Å². The first-order valence-corrected chi connectivity index (χ1v) is 5.24. The van der Waals surface area contributed by atoms with E-state index < -0.39 is 35.3 Å². The van der Waals surface area contributed by atoms with Gasteiger partial charge in [-0.1, -0.05) is 0 Å². The Balaban J connectivity index is 2.96. The number of halogens is 5. The van der Waals surface area contributed by atoms with Crippen molar-refractivity contribution in [1.82, 2.24) is 0 Å². The number of hydrazone groups is 1. The molecule has 4 nitrogen and oxygen atoms in total. The number of carbonyl (C=O) groups is 1. The van der Waals surface area contributed by atoms with E-state index in [-0.39, 0.29) is 5.69 Å². The molecule has 1 amide bonds. The highest BCUT2D eigenvalue weighted by atomic mass is 19.4. The molecule has 0 bridgehead atoms. The summed E-state index contributed by atoms with van der Waals surface area (Å²) in [5, 5.41) is 3.26. The van der Waals surface area contributed by atoms with Gasteiger partial charge in [0.1, 0.15) is 5.82 Å². The Labute approximate surface area is 110 Å². The maximum atomic E-state index is 13.2. The molecular weight excluding hydrogens is 285 g/mol. The lowest BCUT2D eigenvalue weighted by Crippen LogP contribution is -2.40. The van der Waals surface area contributed by atoms with E-state index in [2.05, 4.69) is 10.8 Å². The van der Waals surface area contributed by atoms with E-state index in [1.165, 1.54) is 0 Å². The van der Waals surface area contributed by atoms with Gasteiger partial charge in [-0.05, 0) is 19.1 Å². The molecule has 0 aliphatic heterocycles. The summed E-state index contributed by atoms with van der Waals surface area (Å²) in [6.45, 7) is 0.914. The van der Waals surface area contributed by atoms with Crippen molar-refractivity contribution < 1.29 is 26.7 Å². The number of anilines is 1. The maximum absolute atomic E-state index is 13.2. The van der Waals surface area contributed by atoms with Crippen LogP contribution in [-0.2, 0) is 4.79 Å². The predicted octanol–water partition coefficient (Wildman–Crippen LogP) is 2.42. The lowest BCUT2D eigenvalue weighted by atomic mass is 10.0. The third-order valence-corrected chi connectivity index (χ3v) is 2.31. The van der Waals surface area contributed by atoms with Gasteiger partial charge in [-0.25, -0.2) is 8.78 Å². The molecule has 1 unspecified atom stereocenters. The number of hydrogen-bond donors (Lipinski definition) is 2. The van der Waals surface area contributed by atoms with Crippen molar-refractivity contribution in [3.05, 3.63) is 29.8 Å². The Morgan fingerprint density at radius 1 is 1.35 bits per heavy atom. The minimum atomic E-state index is -4.90. The fourth-order valence-electron chi connectivity index (χ4n) is 1.40. The molecule has 0 aromatic heterocycles. The summed E-state index contributed by atoms with van der Waals surface area (Å²) in [6.07, 6.45) is -4.90. The first-order chi connectivity index (χ1) is 9.12. The normalized spacial score (nSPS) is 14.0. The summed E-state index contributed by atoms with van der Waals surface area (Å²) in [7, 11) is 0. The number of primary amides is 1. The zero-order chi connectivity index (χ0) is 15.5. The third kappa shape index (κ3) is 3.90. The topological polar surface area (TPSA) is 67.5 Å². The molecule has 0 aliphatic carbocycles. The van der Waals surface area contributed by atoms with Crippen LogP contribution in [0.1, 0.15) is 6.92 Å². The molecule has 0 spiro atoms. The quantitative estimate of drug-likeness (QED) is 0.509. The largest absolute Gasteiger partial charge is 0.405 e. The lowest BCUT2D eigenvalue weighted by Gasteiger charge is -2.16. The van der Waals surface area contributed by atoms with Crippen LogP contribution in [0.25, 0.3) is 0 Å². The molecule has 9 heteroatoms. The summed E-state index contributed by atoms with van der Waals surface area (Å²) >= 11 is 0. The number of amides is 1. The Morgan fingerprint density at radius 2 is 1.95 bits per heavy atom. The fourth-order valence-corrected chi connectivity index (χ4v) is 1.40. The van der Waals surface area contributed by atoms with Crippen LogP contribution in [0.4, 0.5) is 27.6 Å². The van der Waals surface area contributed by atoms with E-state index in [1.807, 2.05) is 5.43 Å². The van der Waals surface area contributed by atoms with Crippen LogP contribution in [-0.4, -0.2) is 17.8 Å². The van der Waals surface area contributed by atoms with Crippen molar-refractivity contribution in [1.29, 1.82) is 0 Å². The van der Waals surface area contributed by atoms with Crippen LogP contribution in [0, 0.1) is 17.6 Å². The van der Waals surface area contributed by atoms with Crippen molar-refractivity contribution in [3.63, 3.8) is 0 Å². The molecule has 3 N–H and O–H groups in total. The number of nitrogens with zero attached hydrogens (tertiary/aromatic N) is 1. The summed E-state index contributed by atoms with van der Waals surface area (Å²) in [4.78, 5) is 10.8. The SMILES string of the molecule is CC(=NNc1ccc(F)cc1F)C(C(N)=O)C(F)(F)F. The molecular formula is C11H10F5N3O. The van der Waals surface area contributed by atoms with E-state index in [4.69, 9.17) is 0 Å². The number of rotatable bonds is 4. The minimum Gasteiger partial charge on any atom is -0.369 e. The van der Waals surface area contributed by atoms with Gasteiger partial charge in [-0.3, -0.25) is 10.2 Å². The third-order valence-electron chi connectivity index (χ3n) is 2.31. The molecule has 0 saturated heterocycles. The van der Waals surface area contributed by atoms with Crippen molar-refractivity contribution in [3.8, 4) is 0 Å². The molecule has 1 aromatic rings. The van der Waals surface area contributed by atoms with Gasteiger partial charge >= 0.3 is 6.18 Å². The number of alkyl halides is 3. The summed E-state index contributed by atoms with van der Waals surface area (Å²) in [5.74, 6) is -6.10. The standard InChI is InChI=1S/C11H10F5N3O/c1-5(9(10(17)20)11(14,15)16)18-19-8-3-2-6(12)4-7(8)13/h2-4,9,19H,1H3,(H2,17,20). The van der Waals surface area contributed by atoms with E-state index in [1.54, 1.807) is 0 Å². The van der Waals surface area contributed by atoms with E-state index >= 15 is 0 Å². The average molecular weight is 295 g/mol. The van der Waals surface area contributed by atoms with Gasteiger partial charge in [0.2, 0.25) is 5.91 Å². The Hall–Kier alpha value is -2.19. The summed E-state index contributed by atoms with van der Waals surface area (Å²) < 4.78 is 63.5. The van der Waals surface area contributed by atoms with Crippen LogP contribution >= 0.6 is 0 Å². The zero-order valence-corrected chi connectivity index (χ0v) is 10.1. The second kappa shape index (κ2) is 5.85. The van der Waals surface area contributed by atoms with Gasteiger partial charge in [0, 0.05) is 6.07 Å². The van der Waals surface area contributed by atoms with Crippen molar-refractivity contribution in [2.24, 2.45) is 16.8 Å². The number of nitrogens with one attached hydrogen (secondary N) is 1. The van der Waals surface area contributed by atoms with Crippen LogP contribution in [0.5, 0.6) is 0 Å². The second-order valence-corrected chi connectivity index (χ2v) is 3.87. The van der Waals surface area contributed by atoms with Crippen molar-refractivity contribution >= 4 is 17.3 Å². The van der Waals surface area contributed by atoms with Crippen LogP contribution in [0.3, 0.4) is 0 Å². The highest BCUT2D eigenvalue weighted by molar-refractivity contribution is 6.03. The molecule has 20 heavy (non-hydrogen) atoms. The molecule has 0 aliphatic rings. The van der Waals surface area contributed by atoms with Gasteiger partial charge in [0.25, 0.3) is 0 Å². The highest BCUT2D eigenvalue weighted by Crippen LogP contribution is 2.27. The van der Waals surface area contributed by atoms with Gasteiger partial charge < -0.3 is 5.73 Å². The van der Waals surface area contributed by atoms with E-state index in [0.717, 1.165) is 19.1 Å². The van der Waals surface area contributed by atoms with Gasteiger partial charge in [0.05, 0.1) is 11.4 Å². The van der Waals surface area contributed by atoms with Crippen LogP contribution in [0.15, 0.2) is 23.3 Å². The minimum absolute atomic E-state index is 0.337. The molecule has 0 fully saturated rings. The van der Waals surface area contributed by atoms with Crippen LogP contribution < -0.4 is 11.2 Å². The average Bonchev–Trinajstić information content (AvgIpc) is 2.25. The number of nitrogens with two attached hydrogens (primary N) is 1. The predicted molar refractivity (Wildman–Crippen MR) is 61.8 cm³/mol. The highest BCUT2D eigenvalue weighted by Gasteiger charge is 2.46. The lowest BCUT2D eigenvalue weighted by molar-refractivity contribution is -0.166. The van der Waals surface area contributed by atoms with E-state index in [9.17, 15) is 26.7 Å². The second-order valence-electron chi connectivity index (χ2n) is 3.87. The number of benzene rings is 1. The van der Waals surface area contributed by atoms with Crippen molar-refractivity contribution in [2.75, 3.05) is 5.43 Å². The molecule has 0 saturated carbocycles. The zero-order valence-electron chi connectivity index (χ0n) is 10.1. The first-order valence-electron chi connectivity index (χ1n) is 5.24. The van der Waals surface area contributed by atoms with Crippen molar-refractivity contribution in [2.45, 2.75) is 13.1 Å². The Bertz CT molecular complexity index is 541. The number of hydrogen-bond acceptors (Lipinski definition) is 3. The van der Waals surface area contributed by atoms with Gasteiger partial charge in [-0.15, -0.1) is 0 Å². The maximum Gasteiger partial charge on any atom is 0.405 e. The smallest absolute Gasteiger partial charge is 0.369 e. The number of carbonyl (C=O) groups excluding carboxylic acids is 1. The molecule has 1 atom stereocenters. The molecule has 0 radical (unpaired) electrons. The van der Waals surface area contributed by atoms with Crippen LogP contribution in [0.2, 0.25) is 0 Å². The first kappa shape index (κ1) is 15.9. The fraction of sp³-hybridized carbons (Fsp3) is 0.273. The Kier molecular flexibility index (Phi) is 4.64. The summed E-state index contributed by atoms with van der Waals surface area (Å²) in [5.41, 5.74) is 5.61. The van der Waals surface area contributed by atoms with E-state index in [0.29, 0.717) is 6.07 Å². The molecule has 1 aromatic carbocycles.